The molecule has 1 amide bonds. The molecule has 1 saturated heterocycles. The van der Waals surface area contributed by atoms with Gasteiger partial charge < -0.3 is 15.2 Å². The van der Waals surface area contributed by atoms with Crippen molar-refractivity contribution in [1.82, 2.24) is 20.8 Å². The van der Waals surface area contributed by atoms with Crippen molar-refractivity contribution in [3.63, 3.8) is 0 Å². The van der Waals surface area contributed by atoms with Gasteiger partial charge in [0.15, 0.2) is 0 Å². The van der Waals surface area contributed by atoms with Crippen LogP contribution in [0.3, 0.4) is 0 Å². The Hall–Kier alpha value is -1.08. The summed E-state index contributed by atoms with van der Waals surface area (Å²) in [5.74, 6) is 2.30. The fourth-order valence-corrected chi connectivity index (χ4v) is 2.36. The summed E-state index contributed by atoms with van der Waals surface area (Å²) in [5.41, 5.74) is 0. The van der Waals surface area contributed by atoms with Crippen LogP contribution < -0.4 is 10.6 Å². The number of aromatic nitrogens is 2. The normalized spacial score (nSPS) is 20.7. The molecule has 0 aliphatic carbocycles. The van der Waals surface area contributed by atoms with Crippen LogP contribution in [0, 0.1) is 0 Å². The molecular formula is C9H14N4O2S. The minimum absolute atomic E-state index is 0.0643. The molecule has 1 aromatic rings. The van der Waals surface area contributed by atoms with Crippen molar-refractivity contribution in [2.45, 2.75) is 13.0 Å². The smallest absolute Gasteiger partial charge is 0.292 e. The molecule has 1 aliphatic heterocycles. The van der Waals surface area contributed by atoms with Crippen LogP contribution >= 0.6 is 11.8 Å². The summed E-state index contributed by atoms with van der Waals surface area (Å²) in [5, 5.41) is 9.56. The number of nitrogens with one attached hydrogen (secondary N) is 2. The van der Waals surface area contributed by atoms with Gasteiger partial charge in [-0.15, -0.1) is 0 Å². The van der Waals surface area contributed by atoms with E-state index < -0.39 is 0 Å². The summed E-state index contributed by atoms with van der Waals surface area (Å²) >= 11 is 1.83. The van der Waals surface area contributed by atoms with Gasteiger partial charge in [-0.25, -0.2) is 0 Å². The third-order valence-electron chi connectivity index (χ3n) is 2.20. The summed E-state index contributed by atoms with van der Waals surface area (Å²) < 4.78 is 5.07. The molecule has 0 aromatic carbocycles. The van der Waals surface area contributed by atoms with Gasteiger partial charge in [0.25, 0.3) is 11.7 Å². The Morgan fingerprint density at radius 1 is 1.75 bits per heavy atom. The molecule has 0 radical (unpaired) electrons. The molecule has 2 heterocycles. The standard InChI is InChI=1S/C9H14N4O2S/c1-2-10-8(14)7-12-9(15-13-7)6-5-16-4-3-11-6/h6,11H,2-5H2,1H3,(H,10,14). The number of rotatable bonds is 3. The van der Waals surface area contributed by atoms with E-state index in [-0.39, 0.29) is 17.8 Å². The second-order valence-electron chi connectivity index (χ2n) is 3.40. The molecule has 88 valence electrons. The van der Waals surface area contributed by atoms with E-state index in [1.165, 1.54) is 0 Å². The van der Waals surface area contributed by atoms with Crippen molar-refractivity contribution in [2.75, 3.05) is 24.6 Å². The highest BCUT2D eigenvalue weighted by Gasteiger charge is 2.23. The maximum atomic E-state index is 11.4. The lowest BCUT2D eigenvalue weighted by Crippen LogP contribution is -2.30. The fourth-order valence-electron chi connectivity index (χ4n) is 1.43. The lowest BCUT2D eigenvalue weighted by Gasteiger charge is -2.19. The summed E-state index contributed by atoms with van der Waals surface area (Å²) in [6.07, 6.45) is 0. The minimum atomic E-state index is -0.291. The minimum Gasteiger partial charge on any atom is -0.349 e. The first-order valence-corrected chi connectivity index (χ1v) is 6.39. The second kappa shape index (κ2) is 5.31. The van der Waals surface area contributed by atoms with E-state index >= 15 is 0 Å². The van der Waals surface area contributed by atoms with Gasteiger partial charge in [0.05, 0.1) is 6.04 Å². The lowest BCUT2D eigenvalue weighted by atomic mass is 10.3. The zero-order valence-corrected chi connectivity index (χ0v) is 9.84. The Bertz CT molecular complexity index is 362. The van der Waals surface area contributed by atoms with Crippen LogP contribution in [0.4, 0.5) is 0 Å². The summed E-state index contributed by atoms with van der Waals surface area (Å²) in [7, 11) is 0. The number of thioether (sulfide) groups is 1. The Morgan fingerprint density at radius 2 is 2.62 bits per heavy atom. The third kappa shape index (κ3) is 2.53. The van der Waals surface area contributed by atoms with Crippen molar-refractivity contribution in [3.8, 4) is 0 Å². The molecule has 1 atom stereocenters. The molecule has 0 saturated carbocycles. The average Bonchev–Trinajstić information content (AvgIpc) is 2.80. The van der Waals surface area contributed by atoms with Crippen LogP contribution in [0.25, 0.3) is 0 Å². The molecule has 2 N–H and O–H groups in total. The van der Waals surface area contributed by atoms with Crippen LogP contribution in [0.2, 0.25) is 0 Å². The predicted octanol–water partition coefficient (Wildman–Crippen LogP) is 0.197. The van der Waals surface area contributed by atoms with E-state index in [9.17, 15) is 4.79 Å². The zero-order chi connectivity index (χ0) is 11.4. The van der Waals surface area contributed by atoms with Crippen molar-refractivity contribution < 1.29 is 9.32 Å². The molecule has 6 nitrogen and oxygen atoms in total. The van der Waals surface area contributed by atoms with Gasteiger partial charge in [0.1, 0.15) is 0 Å². The van der Waals surface area contributed by atoms with E-state index in [0.717, 1.165) is 18.1 Å². The molecule has 1 fully saturated rings. The van der Waals surface area contributed by atoms with Crippen LogP contribution in [-0.2, 0) is 0 Å². The first-order chi connectivity index (χ1) is 7.81. The maximum Gasteiger partial charge on any atom is 0.292 e. The first kappa shape index (κ1) is 11.4. The van der Waals surface area contributed by atoms with Crippen molar-refractivity contribution >= 4 is 17.7 Å². The third-order valence-corrected chi connectivity index (χ3v) is 3.26. The Balaban J connectivity index is 2.03. The van der Waals surface area contributed by atoms with Crippen molar-refractivity contribution in [2.24, 2.45) is 0 Å². The van der Waals surface area contributed by atoms with Crippen LogP contribution in [0.5, 0.6) is 0 Å². The molecule has 1 unspecified atom stereocenters. The molecule has 0 spiro atoms. The summed E-state index contributed by atoms with van der Waals surface area (Å²) in [4.78, 5) is 15.5. The predicted molar refractivity (Wildman–Crippen MR) is 60.4 cm³/mol. The van der Waals surface area contributed by atoms with Crippen molar-refractivity contribution in [3.05, 3.63) is 11.7 Å². The van der Waals surface area contributed by atoms with Gasteiger partial charge in [0.2, 0.25) is 5.89 Å². The zero-order valence-electron chi connectivity index (χ0n) is 9.02. The van der Waals surface area contributed by atoms with Gasteiger partial charge in [-0.3, -0.25) is 4.79 Å². The van der Waals surface area contributed by atoms with Crippen molar-refractivity contribution in [1.29, 1.82) is 0 Å². The number of hydrogen-bond donors (Lipinski definition) is 2. The van der Waals surface area contributed by atoms with E-state index in [2.05, 4.69) is 20.8 Å². The Kier molecular flexibility index (Phi) is 3.79. The number of amides is 1. The van der Waals surface area contributed by atoms with Gasteiger partial charge in [0, 0.05) is 24.6 Å². The lowest BCUT2D eigenvalue weighted by molar-refractivity contribution is 0.0942. The Labute approximate surface area is 97.5 Å². The van der Waals surface area contributed by atoms with Crippen LogP contribution in [-0.4, -0.2) is 40.6 Å². The SMILES string of the molecule is CCNC(=O)c1noc(C2CSCCN2)n1. The highest BCUT2D eigenvalue weighted by Crippen LogP contribution is 2.20. The van der Waals surface area contributed by atoms with Crippen LogP contribution in [0.15, 0.2) is 4.52 Å². The highest BCUT2D eigenvalue weighted by atomic mass is 32.2. The molecule has 1 aromatic heterocycles. The molecule has 2 rings (SSSR count). The highest BCUT2D eigenvalue weighted by molar-refractivity contribution is 7.99. The molecular weight excluding hydrogens is 228 g/mol. The van der Waals surface area contributed by atoms with Crippen LogP contribution in [0.1, 0.15) is 29.5 Å². The maximum absolute atomic E-state index is 11.4. The van der Waals surface area contributed by atoms with Gasteiger partial charge in [-0.1, -0.05) is 5.16 Å². The molecule has 16 heavy (non-hydrogen) atoms. The van der Waals surface area contributed by atoms with Gasteiger partial charge >= 0.3 is 0 Å². The van der Waals surface area contributed by atoms with E-state index in [4.69, 9.17) is 4.52 Å². The number of carbonyl (C=O) groups excluding carboxylic acids is 1. The monoisotopic (exact) mass is 242 g/mol. The van der Waals surface area contributed by atoms with Gasteiger partial charge in [-0.05, 0) is 6.92 Å². The van der Waals surface area contributed by atoms with E-state index in [1.54, 1.807) is 0 Å². The summed E-state index contributed by atoms with van der Waals surface area (Å²) in [6.45, 7) is 3.33. The fraction of sp³-hybridized carbons (Fsp3) is 0.667. The van der Waals surface area contributed by atoms with Gasteiger partial charge in [-0.2, -0.15) is 16.7 Å². The summed E-state index contributed by atoms with van der Waals surface area (Å²) in [6, 6.07) is 0.0643. The molecule has 1 aliphatic rings. The second-order valence-corrected chi connectivity index (χ2v) is 4.55. The number of hydrogen-bond acceptors (Lipinski definition) is 6. The van der Waals surface area contributed by atoms with E-state index in [1.807, 2.05) is 18.7 Å². The van der Waals surface area contributed by atoms with E-state index in [0.29, 0.717) is 12.4 Å². The molecule has 0 bridgehead atoms. The topological polar surface area (TPSA) is 80.0 Å². The number of carbonyl (C=O) groups is 1. The first-order valence-electron chi connectivity index (χ1n) is 5.24. The largest absolute Gasteiger partial charge is 0.349 e. The number of nitrogens with zero attached hydrogens (tertiary/aromatic N) is 2. The molecule has 7 heteroatoms. The quantitative estimate of drug-likeness (QED) is 0.788. The average molecular weight is 242 g/mol. The Morgan fingerprint density at radius 3 is 3.31 bits per heavy atom.